The maximum atomic E-state index is 11.5. The van der Waals surface area contributed by atoms with Crippen molar-refractivity contribution in [3.8, 4) is 0 Å². The summed E-state index contributed by atoms with van der Waals surface area (Å²) < 4.78 is 1.66. The Kier molecular flexibility index (Phi) is 2.69. The Bertz CT molecular complexity index is 394. The van der Waals surface area contributed by atoms with Gasteiger partial charge in [-0.3, -0.25) is 9.48 Å². The second-order valence-electron chi connectivity index (χ2n) is 2.84. The van der Waals surface area contributed by atoms with E-state index in [0.717, 1.165) is 5.56 Å². The lowest BCUT2D eigenvalue weighted by atomic mass is 10.2. The van der Waals surface area contributed by atoms with Gasteiger partial charge in [-0.05, 0) is 11.4 Å². The molecule has 0 N–H and O–H groups in total. The molecule has 14 heavy (non-hydrogen) atoms. The molecule has 0 amide bonds. The smallest absolute Gasteiger partial charge is 0.165 e. The number of rotatable bonds is 4. The molecule has 0 bridgehead atoms. The third kappa shape index (κ3) is 2.05. The number of hydrogen-bond donors (Lipinski definition) is 0. The van der Waals surface area contributed by atoms with Crippen LogP contribution in [0.3, 0.4) is 0 Å². The molecule has 2 aromatic heterocycles. The molecule has 4 nitrogen and oxygen atoms in total. The van der Waals surface area contributed by atoms with E-state index in [2.05, 4.69) is 10.1 Å². The summed E-state index contributed by atoms with van der Waals surface area (Å²) in [5, 5.41) is 7.70. The molecule has 72 valence electrons. The van der Waals surface area contributed by atoms with Crippen molar-refractivity contribution in [2.45, 2.75) is 13.0 Å². The summed E-state index contributed by atoms with van der Waals surface area (Å²) in [4.78, 5) is 15.4. The first-order chi connectivity index (χ1) is 6.86. The molecule has 0 spiro atoms. The van der Waals surface area contributed by atoms with E-state index in [1.165, 1.54) is 17.7 Å². The Morgan fingerprint density at radius 1 is 1.57 bits per heavy atom. The molecule has 0 aliphatic carbocycles. The van der Waals surface area contributed by atoms with Gasteiger partial charge in [-0.25, -0.2) is 4.98 Å². The first-order valence-corrected chi connectivity index (χ1v) is 5.18. The summed E-state index contributed by atoms with van der Waals surface area (Å²) in [6.45, 7) is 0.592. The van der Waals surface area contributed by atoms with E-state index in [9.17, 15) is 4.79 Å². The van der Waals surface area contributed by atoms with Crippen LogP contribution in [0.5, 0.6) is 0 Å². The topological polar surface area (TPSA) is 47.8 Å². The lowest BCUT2D eigenvalue weighted by Gasteiger charge is -1.98. The fourth-order valence-corrected chi connectivity index (χ4v) is 1.79. The van der Waals surface area contributed by atoms with Crippen LogP contribution in [0.1, 0.15) is 16.8 Å². The van der Waals surface area contributed by atoms with Gasteiger partial charge in [0.25, 0.3) is 0 Å². The molecule has 0 saturated carbocycles. The maximum Gasteiger partial charge on any atom is 0.165 e. The number of nitrogens with zero attached hydrogens (tertiary/aromatic N) is 3. The van der Waals surface area contributed by atoms with Crippen molar-refractivity contribution < 1.29 is 4.79 Å². The Morgan fingerprint density at radius 2 is 2.50 bits per heavy atom. The molecule has 0 saturated heterocycles. The number of carbonyl (C=O) groups is 1. The van der Waals surface area contributed by atoms with Crippen LogP contribution in [-0.2, 0) is 6.54 Å². The highest BCUT2D eigenvalue weighted by Gasteiger charge is 2.05. The molecule has 0 fully saturated rings. The van der Waals surface area contributed by atoms with Crippen LogP contribution < -0.4 is 0 Å². The van der Waals surface area contributed by atoms with Crippen molar-refractivity contribution in [1.82, 2.24) is 14.8 Å². The van der Waals surface area contributed by atoms with Gasteiger partial charge in [0.15, 0.2) is 5.78 Å². The zero-order valence-electron chi connectivity index (χ0n) is 7.46. The molecule has 0 aliphatic rings. The van der Waals surface area contributed by atoms with Gasteiger partial charge in [-0.15, -0.1) is 0 Å². The minimum Gasteiger partial charge on any atom is -0.294 e. The van der Waals surface area contributed by atoms with Crippen molar-refractivity contribution in [2.75, 3.05) is 0 Å². The average molecular weight is 207 g/mol. The second-order valence-corrected chi connectivity index (χ2v) is 3.62. The molecule has 2 heterocycles. The van der Waals surface area contributed by atoms with Gasteiger partial charge < -0.3 is 0 Å². The standard InChI is InChI=1S/C9H9N3OS/c13-9(8-2-4-14-5-8)1-3-12-7-10-6-11-12/h2,4-7H,1,3H2. The Balaban J connectivity index is 1.90. The minimum absolute atomic E-state index is 0.154. The third-order valence-corrected chi connectivity index (χ3v) is 2.56. The molecule has 2 aromatic rings. The number of ketones is 1. The van der Waals surface area contributed by atoms with Crippen LogP contribution in [0.4, 0.5) is 0 Å². The Hall–Kier alpha value is -1.49. The van der Waals surface area contributed by atoms with Crippen molar-refractivity contribution >= 4 is 17.1 Å². The van der Waals surface area contributed by atoms with E-state index < -0.39 is 0 Å². The van der Waals surface area contributed by atoms with Crippen molar-refractivity contribution in [2.24, 2.45) is 0 Å². The monoisotopic (exact) mass is 207 g/mol. The predicted molar refractivity (Wildman–Crippen MR) is 53.3 cm³/mol. The van der Waals surface area contributed by atoms with E-state index in [0.29, 0.717) is 13.0 Å². The van der Waals surface area contributed by atoms with Gasteiger partial charge >= 0.3 is 0 Å². The zero-order valence-corrected chi connectivity index (χ0v) is 8.28. The highest BCUT2D eigenvalue weighted by molar-refractivity contribution is 7.08. The number of hydrogen-bond acceptors (Lipinski definition) is 4. The molecular weight excluding hydrogens is 198 g/mol. The normalized spacial score (nSPS) is 10.3. The van der Waals surface area contributed by atoms with Crippen LogP contribution >= 0.6 is 11.3 Å². The number of aromatic nitrogens is 3. The predicted octanol–water partition coefficient (Wildman–Crippen LogP) is 1.61. The third-order valence-electron chi connectivity index (χ3n) is 1.88. The fraction of sp³-hybridized carbons (Fsp3) is 0.222. The van der Waals surface area contributed by atoms with Gasteiger partial charge in [0.2, 0.25) is 0 Å². The quantitative estimate of drug-likeness (QED) is 0.716. The average Bonchev–Trinajstić information content (AvgIpc) is 2.87. The minimum atomic E-state index is 0.154. The fourth-order valence-electron chi connectivity index (χ4n) is 1.13. The Labute approximate surface area is 85.2 Å². The summed E-state index contributed by atoms with van der Waals surface area (Å²) in [6, 6.07) is 1.84. The van der Waals surface area contributed by atoms with E-state index in [1.54, 1.807) is 11.0 Å². The molecule has 0 aromatic carbocycles. The van der Waals surface area contributed by atoms with Crippen LogP contribution in [-0.4, -0.2) is 20.5 Å². The van der Waals surface area contributed by atoms with Gasteiger partial charge in [-0.2, -0.15) is 16.4 Å². The molecule has 5 heteroatoms. The molecule has 0 radical (unpaired) electrons. The number of carbonyl (C=O) groups excluding carboxylic acids is 1. The van der Waals surface area contributed by atoms with Crippen LogP contribution in [0.15, 0.2) is 29.5 Å². The highest BCUT2D eigenvalue weighted by Crippen LogP contribution is 2.08. The lowest BCUT2D eigenvalue weighted by molar-refractivity contribution is 0.0976. The maximum absolute atomic E-state index is 11.5. The number of aryl methyl sites for hydroxylation is 1. The van der Waals surface area contributed by atoms with Crippen LogP contribution in [0.25, 0.3) is 0 Å². The van der Waals surface area contributed by atoms with Gasteiger partial charge in [-0.1, -0.05) is 0 Å². The summed E-state index contributed by atoms with van der Waals surface area (Å²) >= 11 is 1.54. The summed E-state index contributed by atoms with van der Waals surface area (Å²) in [5.41, 5.74) is 0.787. The summed E-state index contributed by atoms with van der Waals surface area (Å²) in [5.74, 6) is 0.154. The molecule has 2 rings (SSSR count). The van der Waals surface area contributed by atoms with E-state index in [4.69, 9.17) is 0 Å². The second kappa shape index (κ2) is 4.15. The van der Waals surface area contributed by atoms with Gasteiger partial charge in [0.05, 0.1) is 0 Å². The lowest BCUT2D eigenvalue weighted by Crippen LogP contribution is -2.05. The molecular formula is C9H9N3OS. The van der Waals surface area contributed by atoms with Gasteiger partial charge in [0.1, 0.15) is 12.7 Å². The summed E-state index contributed by atoms with van der Waals surface area (Å²) in [6.07, 6.45) is 3.55. The van der Waals surface area contributed by atoms with E-state index in [-0.39, 0.29) is 5.78 Å². The van der Waals surface area contributed by atoms with Crippen LogP contribution in [0.2, 0.25) is 0 Å². The van der Waals surface area contributed by atoms with Crippen molar-refractivity contribution in [3.63, 3.8) is 0 Å². The van der Waals surface area contributed by atoms with Gasteiger partial charge in [0, 0.05) is 23.9 Å². The molecule has 0 unspecified atom stereocenters. The number of Topliss-reactive ketones (excluding diaryl/α,β-unsaturated/α-hetero) is 1. The molecule has 0 aliphatic heterocycles. The summed E-state index contributed by atoms with van der Waals surface area (Å²) in [7, 11) is 0. The van der Waals surface area contributed by atoms with E-state index >= 15 is 0 Å². The highest BCUT2D eigenvalue weighted by atomic mass is 32.1. The molecule has 0 atom stereocenters. The van der Waals surface area contributed by atoms with E-state index in [1.807, 2.05) is 16.8 Å². The van der Waals surface area contributed by atoms with Crippen LogP contribution in [0, 0.1) is 0 Å². The number of thiophene rings is 1. The Morgan fingerprint density at radius 3 is 3.14 bits per heavy atom. The van der Waals surface area contributed by atoms with Crippen molar-refractivity contribution in [1.29, 1.82) is 0 Å². The largest absolute Gasteiger partial charge is 0.294 e. The first-order valence-electron chi connectivity index (χ1n) is 4.24. The van der Waals surface area contributed by atoms with Crippen molar-refractivity contribution in [3.05, 3.63) is 35.0 Å². The SMILES string of the molecule is O=C(CCn1cncn1)c1ccsc1. The zero-order chi connectivity index (χ0) is 9.80. The first kappa shape index (κ1) is 9.08.